The van der Waals surface area contributed by atoms with E-state index in [0.29, 0.717) is 0 Å². The van der Waals surface area contributed by atoms with Crippen molar-refractivity contribution in [3.8, 4) is 0 Å². The van der Waals surface area contributed by atoms with Crippen LogP contribution in [0.5, 0.6) is 0 Å². The van der Waals surface area contributed by atoms with Gasteiger partial charge in [0.05, 0.1) is 0 Å². The molecule has 1 heterocycles. The summed E-state index contributed by atoms with van der Waals surface area (Å²) in [6.07, 6.45) is 0.660. The maximum Gasteiger partial charge on any atom is 0.406 e. The van der Waals surface area contributed by atoms with Gasteiger partial charge < -0.3 is 10.5 Å². The molecule has 0 aromatic carbocycles. The third-order valence-corrected chi connectivity index (χ3v) is 1.49. The molecule has 1 fully saturated rings. The fourth-order valence-electron chi connectivity index (χ4n) is 1.02. The number of carbonyl (C=O) groups excluding carboxylic acids is 1. The van der Waals surface area contributed by atoms with Gasteiger partial charge in [-0.25, -0.2) is 9.80 Å². The van der Waals surface area contributed by atoms with E-state index in [4.69, 9.17) is 11.6 Å². The first-order chi connectivity index (χ1) is 4.70. The van der Waals surface area contributed by atoms with E-state index in [1.807, 2.05) is 0 Å². The first kappa shape index (κ1) is 7.30. The van der Waals surface area contributed by atoms with Crippen molar-refractivity contribution < 1.29 is 9.53 Å². The first-order valence-electron chi connectivity index (χ1n) is 3.17. The number of nitrogens with zero attached hydrogens (tertiary/aromatic N) is 1. The zero-order valence-electron chi connectivity index (χ0n) is 5.62. The van der Waals surface area contributed by atoms with Gasteiger partial charge in [-0.15, -0.1) is 0 Å². The van der Waals surface area contributed by atoms with Gasteiger partial charge in [0.15, 0.2) is 6.23 Å². The molecule has 1 amide bonds. The Balaban J connectivity index is 2.33. The van der Waals surface area contributed by atoms with E-state index < -0.39 is 6.09 Å². The number of rotatable bonds is 1. The number of hydrogen-bond donors (Lipinski definition) is 2. The fraction of sp³-hybridized carbons (Fsp3) is 0.800. The first-order valence-corrected chi connectivity index (χ1v) is 3.17. The van der Waals surface area contributed by atoms with Crippen molar-refractivity contribution in [2.75, 3.05) is 6.54 Å². The summed E-state index contributed by atoms with van der Waals surface area (Å²) in [5.74, 6) is 5.43. The van der Waals surface area contributed by atoms with E-state index in [0.717, 1.165) is 19.4 Å². The molecule has 0 saturated carbocycles. The lowest BCUT2D eigenvalue weighted by Gasteiger charge is -2.17. The second-order valence-corrected chi connectivity index (χ2v) is 2.27. The molecular weight excluding hydrogens is 134 g/mol. The van der Waals surface area contributed by atoms with Crippen LogP contribution in [-0.4, -0.2) is 23.9 Å². The fourth-order valence-corrected chi connectivity index (χ4v) is 1.02. The summed E-state index contributed by atoms with van der Waals surface area (Å²) in [6.45, 7) is 0.762. The normalized spacial score (nSPS) is 26.7. The summed E-state index contributed by atoms with van der Waals surface area (Å²) < 4.78 is 4.66. The average Bonchev–Trinajstić information content (AvgIpc) is 2.15. The molecule has 0 aromatic heterocycles. The molecule has 1 rings (SSSR count). The lowest BCUT2D eigenvalue weighted by Crippen LogP contribution is -2.39. The minimum absolute atomic E-state index is 0.308. The maximum absolute atomic E-state index is 10.2. The van der Waals surface area contributed by atoms with Crippen molar-refractivity contribution in [2.45, 2.75) is 19.1 Å². The predicted octanol–water partition coefficient (Wildman–Crippen LogP) is -0.623. The zero-order valence-corrected chi connectivity index (χ0v) is 5.62. The van der Waals surface area contributed by atoms with Crippen molar-refractivity contribution >= 4 is 6.09 Å². The quantitative estimate of drug-likeness (QED) is 0.482. The van der Waals surface area contributed by atoms with Crippen LogP contribution < -0.4 is 11.6 Å². The van der Waals surface area contributed by atoms with Crippen molar-refractivity contribution in [3.05, 3.63) is 0 Å². The molecule has 4 N–H and O–H groups in total. The Morgan fingerprint density at radius 1 is 1.70 bits per heavy atom. The second-order valence-electron chi connectivity index (χ2n) is 2.27. The Hall–Kier alpha value is -0.810. The van der Waals surface area contributed by atoms with Gasteiger partial charge in [0.1, 0.15) is 0 Å². The van der Waals surface area contributed by atoms with Gasteiger partial charge in [0.2, 0.25) is 0 Å². The molecule has 1 unspecified atom stereocenters. The highest BCUT2D eigenvalue weighted by molar-refractivity contribution is 5.64. The van der Waals surface area contributed by atoms with Crippen molar-refractivity contribution in [2.24, 2.45) is 11.6 Å². The molecule has 1 aliphatic rings. The van der Waals surface area contributed by atoms with Crippen LogP contribution in [0, 0.1) is 0 Å². The summed E-state index contributed by atoms with van der Waals surface area (Å²) in [6, 6.07) is 0. The van der Waals surface area contributed by atoms with Crippen molar-refractivity contribution in [3.63, 3.8) is 0 Å². The van der Waals surface area contributed by atoms with Crippen LogP contribution in [0.2, 0.25) is 0 Å². The predicted molar refractivity (Wildman–Crippen MR) is 34.6 cm³/mol. The summed E-state index contributed by atoms with van der Waals surface area (Å²) in [7, 11) is 0. The number of ether oxygens (including phenoxy) is 1. The Kier molecular flexibility index (Phi) is 2.08. The number of hydrogen-bond acceptors (Lipinski definition) is 4. The lowest BCUT2D eigenvalue weighted by atomic mass is 10.4. The minimum Gasteiger partial charge on any atom is -0.429 e. The molecule has 0 bridgehead atoms. The monoisotopic (exact) mass is 145 g/mol. The highest BCUT2D eigenvalue weighted by atomic mass is 16.6. The largest absolute Gasteiger partial charge is 0.429 e. The van der Waals surface area contributed by atoms with E-state index in [9.17, 15) is 4.79 Å². The van der Waals surface area contributed by atoms with Gasteiger partial charge >= 0.3 is 6.09 Å². The molecule has 5 heteroatoms. The highest BCUT2D eigenvalue weighted by Gasteiger charge is 2.23. The molecule has 58 valence electrons. The van der Waals surface area contributed by atoms with E-state index in [1.165, 1.54) is 5.01 Å². The number of hydrazine groups is 1. The third-order valence-electron chi connectivity index (χ3n) is 1.49. The Morgan fingerprint density at radius 3 is 2.80 bits per heavy atom. The van der Waals surface area contributed by atoms with Gasteiger partial charge in [-0.1, -0.05) is 0 Å². The number of amides is 1. The van der Waals surface area contributed by atoms with Crippen LogP contribution in [0.15, 0.2) is 0 Å². The Bertz CT molecular complexity index is 139. The van der Waals surface area contributed by atoms with E-state index in [2.05, 4.69) is 4.74 Å². The minimum atomic E-state index is -0.762. The van der Waals surface area contributed by atoms with Crippen LogP contribution >= 0.6 is 0 Å². The maximum atomic E-state index is 10.2. The number of nitrogens with two attached hydrogens (primary N) is 2. The molecular formula is C5H11N3O2. The molecule has 1 saturated heterocycles. The van der Waals surface area contributed by atoms with E-state index >= 15 is 0 Å². The van der Waals surface area contributed by atoms with E-state index in [1.54, 1.807) is 0 Å². The van der Waals surface area contributed by atoms with Crippen LogP contribution in [0.25, 0.3) is 0 Å². The summed E-state index contributed by atoms with van der Waals surface area (Å²) in [4.78, 5) is 10.2. The van der Waals surface area contributed by atoms with Gasteiger partial charge in [-0.3, -0.25) is 5.84 Å². The van der Waals surface area contributed by atoms with Crippen LogP contribution in [0.1, 0.15) is 12.8 Å². The topological polar surface area (TPSA) is 81.6 Å². The molecule has 5 nitrogen and oxygen atoms in total. The molecule has 10 heavy (non-hydrogen) atoms. The number of carbonyl (C=O) groups is 1. The molecule has 0 spiro atoms. The average molecular weight is 145 g/mol. The van der Waals surface area contributed by atoms with E-state index in [-0.39, 0.29) is 6.23 Å². The van der Waals surface area contributed by atoms with Crippen LogP contribution in [0.4, 0.5) is 4.79 Å². The molecule has 0 aliphatic carbocycles. The summed E-state index contributed by atoms with van der Waals surface area (Å²) in [5.41, 5.74) is 4.79. The zero-order chi connectivity index (χ0) is 7.56. The SMILES string of the molecule is NC(=O)OC1CCCN1N. The summed E-state index contributed by atoms with van der Waals surface area (Å²) in [5, 5.41) is 1.48. The number of primary amides is 1. The lowest BCUT2D eigenvalue weighted by molar-refractivity contribution is 0.0178. The summed E-state index contributed by atoms with van der Waals surface area (Å²) >= 11 is 0. The Morgan fingerprint density at radius 2 is 2.40 bits per heavy atom. The second kappa shape index (κ2) is 2.85. The Labute approximate surface area is 58.9 Å². The van der Waals surface area contributed by atoms with Gasteiger partial charge in [0.25, 0.3) is 0 Å². The van der Waals surface area contributed by atoms with Gasteiger partial charge in [-0.2, -0.15) is 0 Å². The third kappa shape index (κ3) is 1.58. The molecule has 0 radical (unpaired) electrons. The van der Waals surface area contributed by atoms with Crippen LogP contribution in [-0.2, 0) is 4.74 Å². The van der Waals surface area contributed by atoms with Gasteiger partial charge in [0, 0.05) is 13.0 Å². The van der Waals surface area contributed by atoms with Crippen LogP contribution in [0.3, 0.4) is 0 Å². The standard InChI is InChI=1S/C5H11N3O2/c6-5(9)10-4-2-1-3-8(4)7/h4H,1-3,7H2,(H2,6,9). The van der Waals surface area contributed by atoms with Crippen molar-refractivity contribution in [1.82, 2.24) is 5.01 Å². The smallest absolute Gasteiger partial charge is 0.406 e. The highest BCUT2D eigenvalue weighted by Crippen LogP contribution is 2.13. The molecule has 0 aromatic rings. The van der Waals surface area contributed by atoms with Crippen molar-refractivity contribution in [1.29, 1.82) is 0 Å². The van der Waals surface area contributed by atoms with Gasteiger partial charge in [-0.05, 0) is 6.42 Å². The molecule has 1 atom stereocenters. The molecule has 1 aliphatic heterocycles.